The Bertz CT molecular complexity index is 861. The van der Waals surface area contributed by atoms with Crippen LogP contribution in [0.25, 0.3) is 0 Å². The standard InChI is InChI=1S/C22H23NO6/c1-15(21(25)27-2)12-20(24)29-18-10-8-16(9-11-18)13-19(23)22(26)28-14-17-6-4-3-5-7-17/h3-11,19H,1,12-14,23H2,2H3/p+1/t19-/m0/s1. The Balaban J connectivity index is 1.81. The molecular formula is C22H24NO6+. The van der Waals surface area contributed by atoms with Gasteiger partial charge in [0.2, 0.25) is 0 Å². The van der Waals surface area contributed by atoms with Gasteiger partial charge in [-0.15, -0.1) is 0 Å². The second-order valence-corrected chi connectivity index (χ2v) is 6.38. The lowest BCUT2D eigenvalue weighted by atomic mass is 10.1. The quantitative estimate of drug-likeness (QED) is 0.391. The molecule has 0 bridgehead atoms. The summed E-state index contributed by atoms with van der Waals surface area (Å²) in [6.45, 7) is 3.68. The zero-order valence-corrected chi connectivity index (χ0v) is 16.3. The molecule has 0 saturated heterocycles. The predicted octanol–water partition coefficient (Wildman–Crippen LogP) is 1.61. The molecule has 0 amide bonds. The Morgan fingerprint density at radius 2 is 1.66 bits per heavy atom. The van der Waals surface area contributed by atoms with Gasteiger partial charge in [-0.05, 0) is 23.3 Å². The van der Waals surface area contributed by atoms with Gasteiger partial charge in [0.15, 0.2) is 6.04 Å². The number of methoxy groups -OCH3 is 1. The van der Waals surface area contributed by atoms with E-state index in [0.29, 0.717) is 12.2 Å². The molecule has 2 aromatic rings. The Kier molecular flexibility index (Phi) is 8.12. The van der Waals surface area contributed by atoms with Crippen molar-refractivity contribution < 1.29 is 34.3 Å². The van der Waals surface area contributed by atoms with E-state index >= 15 is 0 Å². The lowest BCUT2D eigenvalue weighted by Gasteiger charge is -2.10. The number of rotatable bonds is 9. The molecule has 3 N–H and O–H groups in total. The lowest BCUT2D eigenvalue weighted by molar-refractivity contribution is -0.408. The molecule has 7 nitrogen and oxygen atoms in total. The van der Waals surface area contributed by atoms with Gasteiger partial charge in [0.1, 0.15) is 12.4 Å². The fourth-order valence-electron chi connectivity index (χ4n) is 2.47. The van der Waals surface area contributed by atoms with Crippen LogP contribution in [-0.4, -0.2) is 31.1 Å². The first kappa shape index (κ1) is 21.8. The molecule has 0 unspecified atom stereocenters. The number of carbonyl (C=O) groups is 3. The Morgan fingerprint density at radius 1 is 1.00 bits per heavy atom. The highest BCUT2D eigenvalue weighted by Gasteiger charge is 2.20. The van der Waals surface area contributed by atoms with Gasteiger partial charge in [-0.2, -0.15) is 0 Å². The summed E-state index contributed by atoms with van der Waals surface area (Å²) >= 11 is 0. The van der Waals surface area contributed by atoms with E-state index in [2.05, 4.69) is 17.0 Å². The van der Waals surface area contributed by atoms with Crippen LogP contribution < -0.4 is 10.5 Å². The smallest absolute Gasteiger partial charge is 0.365 e. The van der Waals surface area contributed by atoms with Crippen LogP contribution in [0.5, 0.6) is 5.75 Å². The van der Waals surface area contributed by atoms with Gasteiger partial charge in [0.05, 0.1) is 13.5 Å². The predicted molar refractivity (Wildman–Crippen MR) is 104 cm³/mol. The van der Waals surface area contributed by atoms with Crippen molar-refractivity contribution in [2.75, 3.05) is 7.11 Å². The molecule has 1 atom stereocenters. The molecular weight excluding hydrogens is 374 g/mol. The monoisotopic (exact) mass is 398 g/mol. The van der Waals surface area contributed by atoms with Crippen LogP contribution in [0.3, 0.4) is 0 Å². The summed E-state index contributed by atoms with van der Waals surface area (Å²) in [6.07, 6.45) is 0.129. The molecule has 2 aromatic carbocycles. The van der Waals surface area contributed by atoms with E-state index in [4.69, 9.17) is 9.47 Å². The maximum absolute atomic E-state index is 12.1. The molecule has 0 aliphatic heterocycles. The third-order valence-electron chi connectivity index (χ3n) is 4.03. The van der Waals surface area contributed by atoms with E-state index < -0.39 is 18.0 Å². The molecule has 0 heterocycles. The first-order valence-corrected chi connectivity index (χ1v) is 8.98. The van der Waals surface area contributed by atoms with Crippen LogP contribution in [0.1, 0.15) is 17.5 Å². The largest absolute Gasteiger partial charge is 0.466 e. The van der Waals surface area contributed by atoms with Gasteiger partial charge >= 0.3 is 17.9 Å². The summed E-state index contributed by atoms with van der Waals surface area (Å²) < 4.78 is 14.9. The molecule has 0 fully saturated rings. The molecule has 0 aliphatic rings. The topological polar surface area (TPSA) is 107 Å². The summed E-state index contributed by atoms with van der Waals surface area (Å²) in [4.78, 5) is 35.2. The highest BCUT2D eigenvalue weighted by molar-refractivity contribution is 5.93. The van der Waals surface area contributed by atoms with E-state index in [-0.39, 0.29) is 24.6 Å². The van der Waals surface area contributed by atoms with Crippen molar-refractivity contribution in [2.45, 2.75) is 25.5 Å². The number of esters is 3. The fourth-order valence-corrected chi connectivity index (χ4v) is 2.47. The van der Waals surface area contributed by atoms with Crippen molar-refractivity contribution >= 4 is 17.9 Å². The fraction of sp³-hybridized carbons (Fsp3) is 0.227. The van der Waals surface area contributed by atoms with Crippen LogP contribution in [0, 0.1) is 0 Å². The molecule has 0 spiro atoms. The highest BCUT2D eigenvalue weighted by Crippen LogP contribution is 2.15. The van der Waals surface area contributed by atoms with E-state index in [1.165, 1.54) is 7.11 Å². The Labute approximate surface area is 169 Å². The van der Waals surface area contributed by atoms with Crippen molar-refractivity contribution in [2.24, 2.45) is 0 Å². The van der Waals surface area contributed by atoms with Crippen LogP contribution >= 0.6 is 0 Å². The van der Waals surface area contributed by atoms with Gasteiger partial charge in [-0.25, -0.2) is 9.59 Å². The highest BCUT2D eigenvalue weighted by atomic mass is 16.5. The van der Waals surface area contributed by atoms with Crippen molar-refractivity contribution in [3.63, 3.8) is 0 Å². The van der Waals surface area contributed by atoms with E-state index in [1.54, 1.807) is 24.3 Å². The minimum Gasteiger partial charge on any atom is -0.466 e. The summed E-state index contributed by atoms with van der Waals surface area (Å²) in [7, 11) is 1.21. The molecule has 0 aromatic heterocycles. The van der Waals surface area contributed by atoms with Crippen molar-refractivity contribution in [1.82, 2.24) is 0 Å². The number of carbonyl (C=O) groups excluding carboxylic acids is 3. The van der Waals surface area contributed by atoms with Crippen LogP contribution in [0.4, 0.5) is 0 Å². The number of ether oxygens (including phenoxy) is 3. The average Bonchev–Trinajstić information content (AvgIpc) is 2.73. The van der Waals surface area contributed by atoms with E-state index in [9.17, 15) is 14.4 Å². The summed E-state index contributed by atoms with van der Waals surface area (Å²) in [5, 5.41) is 0. The normalized spacial score (nSPS) is 11.2. The van der Waals surface area contributed by atoms with Gasteiger partial charge in [0, 0.05) is 12.0 Å². The minimum absolute atomic E-state index is 0.0167. The maximum Gasteiger partial charge on any atom is 0.365 e. The minimum atomic E-state index is -0.655. The SMILES string of the molecule is C=C(CC(=O)Oc1ccc(C[C@H]([NH3+])C(=O)OCc2ccccc2)cc1)C(=O)OC. The average molecular weight is 398 g/mol. The van der Waals surface area contributed by atoms with Crippen LogP contribution in [0.15, 0.2) is 66.7 Å². The van der Waals surface area contributed by atoms with Gasteiger partial charge in [-0.1, -0.05) is 49.0 Å². The molecule has 29 heavy (non-hydrogen) atoms. The second-order valence-electron chi connectivity index (χ2n) is 6.38. The number of hydrogen-bond acceptors (Lipinski definition) is 6. The van der Waals surface area contributed by atoms with Crippen LogP contribution in [-0.2, 0) is 36.9 Å². The molecule has 7 heteroatoms. The maximum atomic E-state index is 12.1. The molecule has 2 rings (SSSR count). The van der Waals surface area contributed by atoms with Gasteiger partial charge in [-0.3, -0.25) is 4.79 Å². The Morgan fingerprint density at radius 3 is 2.28 bits per heavy atom. The Hall–Kier alpha value is -3.45. The van der Waals surface area contributed by atoms with Gasteiger partial charge in [0.25, 0.3) is 0 Å². The molecule has 152 valence electrons. The summed E-state index contributed by atoms with van der Waals surface area (Å²) in [5.74, 6) is -1.33. The molecule has 0 aliphatic carbocycles. The van der Waals surface area contributed by atoms with Crippen molar-refractivity contribution in [1.29, 1.82) is 0 Å². The summed E-state index contributed by atoms with van der Waals surface area (Å²) in [6, 6.07) is 15.5. The van der Waals surface area contributed by atoms with Crippen molar-refractivity contribution in [3.8, 4) is 5.75 Å². The summed E-state index contributed by atoms with van der Waals surface area (Å²) in [5.41, 5.74) is 5.64. The third-order valence-corrected chi connectivity index (χ3v) is 4.03. The third kappa shape index (κ3) is 7.23. The lowest BCUT2D eigenvalue weighted by Crippen LogP contribution is -2.66. The van der Waals surface area contributed by atoms with E-state index in [1.807, 2.05) is 30.3 Å². The number of benzene rings is 2. The zero-order chi connectivity index (χ0) is 21.2. The van der Waals surface area contributed by atoms with Crippen LogP contribution in [0.2, 0.25) is 0 Å². The first-order chi connectivity index (χ1) is 13.9. The molecule has 0 radical (unpaired) electrons. The van der Waals surface area contributed by atoms with E-state index in [0.717, 1.165) is 11.1 Å². The zero-order valence-electron chi connectivity index (χ0n) is 16.3. The number of hydrogen-bond donors (Lipinski definition) is 1. The van der Waals surface area contributed by atoms with Crippen molar-refractivity contribution in [3.05, 3.63) is 77.9 Å². The second kappa shape index (κ2) is 10.8. The van der Waals surface area contributed by atoms with Gasteiger partial charge < -0.3 is 19.9 Å². The number of quaternary nitrogens is 1. The first-order valence-electron chi connectivity index (χ1n) is 8.98. The molecule has 0 saturated carbocycles.